The van der Waals surface area contributed by atoms with Crippen LogP contribution in [0.3, 0.4) is 0 Å². The molecule has 2 heterocycles. The number of rotatable bonds is 5. The molecule has 0 aromatic heterocycles. The topological polar surface area (TPSA) is 100 Å². The predicted octanol–water partition coefficient (Wildman–Crippen LogP) is 5.46. The van der Waals surface area contributed by atoms with Gasteiger partial charge in [-0.3, -0.25) is 14.9 Å². The van der Waals surface area contributed by atoms with Crippen molar-refractivity contribution < 1.29 is 19.1 Å². The first kappa shape index (κ1) is 27.1. The van der Waals surface area contributed by atoms with Gasteiger partial charge in [-0.05, 0) is 75.4 Å². The first-order valence-corrected chi connectivity index (χ1v) is 13.2. The molecule has 2 N–H and O–H groups in total. The summed E-state index contributed by atoms with van der Waals surface area (Å²) in [5.74, 6) is 0.206. The van der Waals surface area contributed by atoms with Gasteiger partial charge in [0.05, 0.1) is 5.69 Å². The Bertz CT molecular complexity index is 1270. The molecule has 200 valence electrons. The molecule has 8 heteroatoms. The fraction of sp³-hybridized carbons (Fsp3) is 0.400. The Morgan fingerprint density at radius 1 is 1.00 bits per heavy atom. The second-order valence-electron chi connectivity index (χ2n) is 10.6. The molecule has 38 heavy (non-hydrogen) atoms. The molecule has 2 aliphatic rings. The number of aliphatic imine (C=N–C) groups is 1. The second kappa shape index (κ2) is 11.6. The SMILES string of the molecule is CCCNC(=O)C1=Cc2ccc(-c3ccc(C(=O)N4CCCC4)cc3)cc2N=C(NC(=O)OC(C)(C)C)C1. The van der Waals surface area contributed by atoms with Gasteiger partial charge < -0.3 is 15.0 Å². The molecular formula is C30H36N4O4. The molecule has 2 aliphatic heterocycles. The van der Waals surface area contributed by atoms with Crippen molar-refractivity contribution in [3.05, 3.63) is 59.2 Å². The van der Waals surface area contributed by atoms with Crippen molar-refractivity contribution in [3.8, 4) is 11.1 Å². The summed E-state index contributed by atoms with van der Waals surface area (Å²) in [5.41, 5.74) is 3.78. The standard InChI is InChI=1S/C30H36N4O4/c1-5-14-31-27(35)24-17-23-13-12-22(18-25(23)32-26(19-24)33-29(37)38-30(2,3)4)20-8-10-21(11-9-20)28(36)34-15-6-7-16-34/h8-13,17-18H,5-7,14-16,19H2,1-4H3,(H,31,35)(H,32,33,37). The smallest absolute Gasteiger partial charge is 0.413 e. The van der Waals surface area contributed by atoms with E-state index in [0.717, 1.165) is 49.0 Å². The van der Waals surface area contributed by atoms with E-state index in [4.69, 9.17) is 9.73 Å². The number of nitrogens with zero attached hydrogens (tertiary/aromatic N) is 2. The summed E-state index contributed by atoms with van der Waals surface area (Å²) in [4.78, 5) is 44.7. The van der Waals surface area contributed by atoms with Crippen LogP contribution in [0.25, 0.3) is 17.2 Å². The third-order valence-electron chi connectivity index (χ3n) is 6.30. The largest absolute Gasteiger partial charge is 0.444 e. The van der Waals surface area contributed by atoms with Crippen LogP contribution in [-0.2, 0) is 9.53 Å². The van der Waals surface area contributed by atoms with E-state index >= 15 is 0 Å². The minimum Gasteiger partial charge on any atom is -0.444 e. The highest BCUT2D eigenvalue weighted by molar-refractivity contribution is 6.08. The van der Waals surface area contributed by atoms with E-state index in [1.54, 1.807) is 20.8 Å². The quantitative estimate of drug-likeness (QED) is 0.551. The molecule has 0 saturated carbocycles. The summed E-state index contributed by atoms with van der Waals surface area (Å²) in [6.07, 6.45) is 4.28. The summed E-state index contributed by atoms with van der Waals surface area (Å²) in [6, 6.07) is 13.4. The highest BCUT2D eigenvalue weighted by Gasteiger charge is 2.23. The van der Waals surface area contributed by atoms with Crippen LogP contribution in [-0.4, -0.2) is 53.9 Å². The van der Waals surface area contributed by atoms with E-state index in [1.165, 1.54) is 0 Å². The van der Waals surface area contributed by atoms with Gasteiger partial charge in [0.2, 0.25) is 5.91 Å². The maximum absolute atomic E-state index is 12.8. The number of benzene rings is 2. The van der Waals surface area contributed by atoms with Crippen LogP contribution in [0.5, 0.6) is 0 Å². The van der Waals surface area contributed by atoms with Crippen molar-refractivity contribution in [2.24, 2.45) is 4.99 Å². The van der Waals surface area contributed by atoms with Crippen molar-refractivity contribution in [1.29, 1.82) is 0 Å². The number of likely N-dealkylation sites (tertiary alicyclic amines) is 1. The van der Waals surface area contributed by atoms with Crippen molar-refractivity contribution in [1.82, 2.24) is 15.5 Å². The van der Waals surface area contributed by atoms with Gasteiger partial charge in [-0.1, -0.05) is 31.2 Å². The van der Waals surface area contributed by atoms with Gasteiger partial charge in [-0.15, -0.1) is 0 Å². The Labute approximate surface area is 224 Å². The molecule has 3 amide bonds. The molecule has 1 saturated heterocycles. The van der Waals surface area contributed by atoms with Crippen LogP contribution in [0.15, 0.2) is 53.0 Å². The molecule has 4 rings (SSSR count). The van der Waals surface area contributed by atoms with Crippen molar-refractivity contribution >= 4 is 35.5 Å². The van der Waals surface area contributed by atoms with Gasteiger partial charge in [0.1, 0.15) is 11.4 Å². The molecule has 0 unspecified atom stereocenters. The Balaban J connectivity index is 1.63. The van der Waals surface area contributed by atoms with Crippen molar-refractivity contribution in [3.63, 3.8) is 0 Å². The first-order chi connectivity index (χ1) is 18.1. The van der Waals surface area contributed by atoms with Crippen LogP contribution < -0.4 is 10.6 Å². The number of hydrogen-bond acceptors (Lipinski definition) is 5. The van der Waals surface area contributed by atoms with Gasteiger partial charge >= 0.3 is 6.09 Å². The normalized spacial score (nSPS) is 15.1. The molecule has 0 aliphatic carbocycles. The lowest BCUT2D eigenvalue weighted by Gasteiger charge is -2.20. The number of fused-ring (bicyclic) bond motifs is 1. The third kappa shape index (κ3) is 6.88. The zero-order chi connectivity index (χ0) is 27.3. The monoisotopic (exact) mass is 516 g/mol. The number of ether oxygens (including phenoxy) is 1. The van der Waals surface area contributed by atoms with Gasteiger partial charge in [0, 0.05) is 42.8 Å². The number of alkyl carbamates (subject to hydrolysis) is 1. The Kier molecular flexibility index (Phi) is 8.29. The number of amidine groups is 1. The fourth-order valence-corrected chi connectivity index (χ4v) is 4.45. The average Bonchev–Trinajstić information content (AvgIpc) is 3.35. The number of hydrogen-bond donors (Lipinski definition) is 2. The lowest BCUT2D eigenvalue weighted by Crippen LogP contribution is -2.37. The molecular weight excluding hydrogens is 480 g/mol. The fourth-order valence-electron chi connectivity index (χ4n) is 4.45. The first-order valence-electron chi connectivity index (χ1n) is 13.2. The maximum atomic E-state index is 12.8. The Morgan fingerprint density at radius 3 is 2.34 bits per heavy atom. The number of amides is 3. The van der Waals surface area contributed by atoms with Crippen LogP contribution in [0.4, 0.5) is 10.5 Å². The highest BCUT2D eigenvalue weighted by Crippen LogP contribution is 2.32. The van der Waals surface area contributed by atoms with Crippen LogP contribution in [0.2, 0.25) is 0 Å². The summed E-state index contributed by atoms with van der Waals surface area (Å²) >= 11 is 0. The molecule has 1 fully saturated rings. The van der Waals surface area contributed by atoms with Crippen molar-refractivity contribution in [2.45, 2.75) is 59.0 Å². The van der Waals surface area contributed by atoms with Crippen LogP contribution >= 0.6 is 0 Å². The summed E-state index contributed by atoms with van der Waals surface area (Å²) in [6.45, 7) is 9.54. The molecule has 0 atom stereocenters. The van der Waals surface area contributed by atoms with E-state index in [1.807, 2.05) is 60.4 Å². The molecule has 0 spiro atoms. The van der Waals surface area contributed by atoms with Gasteiger partial charge in [-0.25, -0.2) is 9.79 Å². The predicted molar refractivity (Wildman–Crippen MR) is 149 cm³/mol. The second-order valence-corrected chi connectivity index (χ2v) is 10.6. The summed E-state index contributed by atoms with van der Waals surface area (Å²) in [5, 5.41) is 5.64. The van der Waals surface area contributed by atoms with E-state index in [-0.39, 0.29) is 18.2 Å². The molecule has 8 nitrogen and oxygen atoms in total. The Morgan fingerprint density at radius 2 is 1.68 bits per heavy atom. The molecule has 2 aromatic carbocycles. The number of nitrogens with one attached hydrogen (secondary N) is 2. The van der Waals surface area contributed by atoms with E-state index in [2.05, 4.69) is 10.6 Å². The zero-order valence-corrected chi connectivity index (χ0v) is 22.6. The van der Waals surface area contributed by atoms with Gasteiger partial charge in [0.15, 0.2) is 0 Å². The van der Waals surface area contributed by atoms with Crippen LogP contribution in [0, 0.1) is 0 Å². The lowest BCUT2D eigenvalue weighted by molar-refractivity contribution is -0.117. The third-order valence-corrected chi connectivity index (χ3v) is 6.30. The lowest BCUT2D eigenvalue weighted by atomic mass is 10.00. The van der Waals surface area contributed by atoms with E-state index in [9.17, 15) is 14.4 Å². The molecule has 0 radical (unpaired) electrons. The average molecular weight is 517 g/mol. The van der Waals surface area contributed by atoms with Gasteiger partial charge in [-0.2, -0.15) is 0 Å². The van der Waals surface area contributed by atoms with Crippen molar-refractivity contribution in [2.75, 3.05) is 19.6 Å². The summed E-state index contributed by atoms with van der Waals surface area (Å²) < 4.78 is 5.41. The Hall–Kier alpha value is -3.94. The number of carbonyl (C=O) groups excluding carboxylic acids is 3. The maximum Gasteiger partial charge on any atom is 0.413 e. The number of carbonyl (C=O) groups is 3. The zero-order valence-electron chi connectivity index (χ0n) is 22.6. The molecule has 0 bridgehead atoms. The van der Waals surface area contributed by atoms with Crippen LogP contribution in [0.1, 0.15) is 69.3 Å². The van der Waals surface area contributed by atoms with E-state index < -0.39 is 11.7 Å². The summed E-state index contributed by atoms with van der Waals surface area (Å²) in [7, 11) is 0. The minimum absolute atomic E-state index is 0.0671. The minimum atomic E-state index is -0.667. The highest BCUT2D eigenvalue weighted by atomic mass is 16.6. The van der Waals surface area contributed by atoms with Gasteiger partial charge in [0.25, 0.3) is 5.91 Å². The molecule has 2 aromatic rings. The van der Waals surface area contributed by atoms with E-state index in [0.29, 0.717) is 29.2 Å².